The average molecular weight is 1090 g/mol. The second kappa shape index (κ2) is 65.8. The van der Waals surface area contributed by atoms with Crippen molar-refractivity contribution in [1.29, 1.82) is 0 Å². The standard InChI is InChI=1S/C73H118O6/c1-4-7-10-13-16-19-22-25-27-28-29-30-31-32-33-34-35-36-37-38-39-40-41-42-43-44-46-48-51-54-57-60-63-66-72(75)78-69-70(68-77-71(74)65-62-59-56-53-50-47-24-21-18-15-12-9-6-3)79-73(76)67-64-61-58-55-52-49-45-26-23-20-17-14-11-8-5-2/h7,9-10,12,16,18-19,21,25-27,29-30,32-33,35-36,38-39,45,47,50,56,59,70H,4-6,8,11,13-15,17,20,22-24,28,31,34,37,40-44,46,48-49,51-55,57-58,60-69H2,1-3H3/b10-7-,12-9-,19-16-,21-18-,27-25-,30-29-,33-32-,36-35-,39-38-,45-26-,50-47-,59-56-. The van der Waals surface area contributed by atoms with Gasteiger partial charge in [0.1, 0.15) is 13.2 Å². The minimum atomic E-state index is -0.817. The van der Waals surface area contributed by atoms with Crippen LogP contribution in [0, 0.1) is 0 Å². The fraction of sp³-hybridized carbons (Fsp3) is 0.630. The molecular formula is C73H118O6. The first-order valence-electron chi connectivity index (χ1n) is 32.3. The summed E-state index contributed by atoms with van der Waals surface area (Å²) in [4.78, 5) is 38.2. The van der Waals surface area contributed by atoms with Crippen LogP contribution < -0.4 is 0 Å². The van der Waals surface area contributed by atoms with Gasteiger partial charge in [0.25, 0.3) is 0 Å². The molecule has 0 heterocycles. The van der Waals surface area contributed by atoms with E-state index in [4.69, 9.17) is 14.2 Å². The molecule has 0 aliphatic rings. The Bertz CT molecular complexity index is 1730. The highest BCUT2D eigenvalue weighted by Gasteiger charge is 2.19. The third kappa shape index (κ3) is 64.0. The molecule has 0 aromatic heterocycles. The monoisotopic (exact) mass is 1090 g/mol. The van der Waals surface area contributed by atoms with Crippen LogP contribution in [0.2, 0.25) is 0 Å². The summed E-state index contributed by atoms with van der Waals surface area (Å²) < 4.78 is 16.8. The van der Waals surface area contributed by atoms with Crippen molar-refractivity contribution in [1.82, 2.24) is 0 Å². The third-order valence-electron chi connectivity index (χ3n) is 13.3. The van der Waals surface area contributed by atoms with Crippen molar-refractivity contribution in [3.05, 3.63) is 146 Å². The van der Waals surface area contributed by atoms with Gasteiger partial charge in [-0.25, -0.2) is 0 Å². The summed E-state index contributed by atoms with van der Waals surface area (Å²) >= 11 is 0. The molecule has 0 rings (SSSR count). The minimum absolute atomic E-state index is 0.108. The second-order valence-corrected chi connectivity index (χ2v) is 20.9. The Hall–Kier alpha value is -4.71. The van der Waals surface area contributed by atoms with Crippen LogP contribution in [-0.4, -0.2) is 37.2 Å². The fourth-order valence-electron chi connectivity index (χ4n) is 8.55. The van der Waals surface area contributed by atoms with Crippen molar-refractivity contribution in [2.45, 2.75) is 284 Å². The first-order valence-corrected chi connectivity index (χ1v) is 32.3. The number of hydrogen-bond donors (Lipinski definition) is 0. The van der Waals surface area contributed by atoms with Gasteiger partial charge in [-0.1, -0.05) is 276 Å². The number of rotatable bonds is 57. The highest BCUT2D eigenvalue weighted by molar-refractivity contribution is 5.71. The van der Waals surface area contributed by atoms with Gasteiger partial charge in [-0.3, -0.25) is 14.4 Å². The highest BCUT2D eigenvalue weighted by Crippen LogP contribution is 2.15. The van der Waals surface area contributed by atoms with Crippen LogP contribution in [0.1, 0.15) is 278 Å². The Morgan fingerprint density at radius 2 is 0.519 bits per heavy atom. The minimum Gasteiger partial charge on any atom is -0.462 e. The first kappa shape index (κ1) is 74.3. The summed E-state index contributed by atoms with van der Waals surface area (Å²) in [5.41, 5.74) is 0. The lowest BCUT2D eigenvalue weighted by Gasteiger charge is -2.18. The van der Waals surface area contributed by atoms with Gasteiger partial charge in [-0.2, -0.15) is 0 Å². The first-order chi connectivity index (χ1) is 39.0. The molecule has 0 saturated heterocycles. The summed E-state index contributed by atoms with van der Waals surface area (Å²) in [5.74, 6) is -1.00. The molecule has 0 aromatic carbocycles. The molecule has 6 heteroatoms. The molecule has 446 valence electrons. The third-order valence-corrected chi connectivity index (χ3v) is 13.3. The topological polar surface area (TPSA) is 78.9 Å². The summed E-state index contributed by atoms with van der Waals surface area (Å²) in [6.45, 7) is 6.33. The van der Waals surface area contributed by atoms with E-state index in [0.717, 1.165) is 122 Å². The molecular weight excluding hydrogens is 973 g/mol. The Balaban J connectivity index is 4.28. The van der Waals surface area contributed by atoms with E-state index < -0.39 is 6.10 Å². The summed E-state index contributed by atoms with van der Waals surface area (Å²) in [7, 11) is 0. The van der Waals surface area contributed by atoms with Crippen LogP contribution in [0.15, 0.2) is 146 Å². The Kier molecular flexibility index (Phi) is 61.9. The van der Waals surface area contributed by atoms with Crippen molar-refractivity contribution < 1.29 is 28.6 Å². The fourth-order valence-corrected chi connectivity index (χ4v) is 8.55. The molecule has 6 nitrogen and oxygen atoms in total. The van der Waals surface area contributed by atoms with Gasteiger partial charge >= 0.3 is 17.9 Å². The molecule has 1 atom stereocenters. The lowest BCUT2D eigenvalue weighted by atomic mass is 10.0. The Morgan fingerprint density at radius 3 is 0.861 bits per heavy atom. The van der Waals surface area contributed by atoms with Crippen molar-refractivity contribution in [3.8, 4) is 0 Å². The lowest BCUT2D eigenvalue weighted by Crippen LogP contribution is -2.30. The van der Waals surface area contributed by atoms with E-state index in [1.807, 2.05) is 6.08 Å². The quantitative estimate of drug-likeness (QED) is 0.0261. The molecule has 1 unspecified atom stereocenters. The largest absolute Gasteiger partial charge is 0.462 e. The molecule has 0 N–H and O–H groups in total. The van der Waals surface area contributed by atoms with Gasteiger partial charge in [0.2, 0.25) is 0 Å². The van der Waals surface area contributed by atoms with E-state index in [9.17, 15) is 14.4 Å². The number of allylic oxidation sites excluding steroid dienone is 24. The maximum Gasteiger partial charge on any atom is 0.306 e. The van der Waals surface area contributed by atoms with Crippen molar-refractivity contribution in [3.63, 3.8) is 0 Å². The molecule has 0 bridgehead atoms. The average Bonchev–Trinajstić information content (AvgIpc) is 3.45. The molecule has 0 radical (unpaired) electrons. The van der Waals surface area contributed by atoms with E-state index >= 15 is 0 Å². The van der Waals surface area contributed by atoms with Gasteiger partial charge in [0.15, 0.2) is 6.10 Å². The summed E-state index contributed by atoms with van der Waals surface area (Å²) in [6, 6.07) is 0. The maximum atomic E-state index is 12.9. The zero-order valence-electron chi connectivity index (χ0n) is 51.1. The Labute approximate surface area is 487 Å². The van der Waals surface area contributed by atoms with E-state index in [1.54, 1.807) is 0 Å². The van der Waals surface area contributed by atoms with Gasteiger partial charge in [-0.05, 0) is 128 Å². The number of hydrogen-bond acceptors (Lipinski definition) is 6. The lowest BCUT2D eigenvalue weighted by molar-refractivity contribution is -0.166. The van der Waals surface area contributed by atoms with E-state index in [-0.39, 0.29) is 37.5 Å². The second-order valence-electron chi connectivity index (χ2n) is 20.9. The van der Waals surface area contributed by atoms with Crippen molar-refractivity contribution in [2.75, 3.05) is 13.2 Å². The smallest absolute Gasteiger partial charge is 0.306 e. The number of ether oxygens (including phenoxy) is 3. The van der Waals surface area contributed by atoms with E-state index in [2.05, 4.69) is 161 Å². The van der Waals surface area contributed by atoms with Gasteiger partial charge in [0, 0.05) is 19.3 Å². The zero-order valence-corrected chi connectivity index (χ0v) is 51.1. The van der Waals surface area contributed by atoms with E-state index in [0.29, 0.717) is 19.3 Å². The van der Waals surface area contributed by atoms with Crippen molar-refractivity contribution in [2.24, 2.45) is 0 Å². The molecule has 0 saturated carbocycles. The normalized spacial score (nSPS) is 13.1. The highest BCUT2D eigenvalue weighted by atomic mass is 16.6. The molecule has 0 spiro atoms. The predicted octanol–water partition coefficient (Wildman–Crippen LogP) is 22.3. The number of carbonyl (C=O) groups is 3. The SMILES string of the molecule is CC/C=C\C/C=C\C/C=C\C/C=C\C/C=C\C/C=C\C/C=C\CCCCCCCCCCCCCC(=O)OCC(COC(=O)CC/C=C\C/C=C\C/C=C\C/C=C\CC)OC(=O)CCCCCCC/C=C\CCCCCCCC. The molecule has 79 heavy (non-hydrogen) atoms. The summed E-state index contributed by atoms with van der Waals surface area (Å²) in [6.07, 6.45) is 94.5. The van der Waals surface area contributed by atoms with Crippen LogP contribution in [0.4, 0.5) is 0 Å². The van der Waals surface area contributed by atoms with Crippen LogP contribution in [0.5, 0.6) is 0 Å². The molecule has 0 aliphatic heterocycles. The summed E-state index contributed by atoms with van der Waals surface area (Å²) in [5, 5.41) is 0. The van der Waals surface area contributed by atoms with E-state index in [1.165, 1.54) is 109 Å². The van der Waals surface area contributed by atoms with Crippen LogP contribution in [0.3, 0.4) is 0 Å². The van der Waals surface area contributed by atoms with Gasteiger partial charge in [-0.15, -0.1) is 0 Å². The van der Waals surface area contributed by atoms with Crippen LogP contribution >= 0.6 is 0 Å². The molecule has 0 amide bonds. The Morgan fingerprint density at radius 1 is 0.266 bits per heavy atom. The molecule has 0 aromatic rings. The maximum absolute atomic E-state index is 12.9. The molecule has 0 aliphatic carbocycles. The van der Waals surface area contributed by atoms with Crippen molar-refractivity contribution >= 4 is 17.9 Å². The predicted molar refractivity (Wildman–Crippen MR) is 343 cm³/mol. The number of esters is 3. The van der Waals surface area contributed by atoms with Gasteiger partial charge in [0.05, 0.1) is 0 Å². The number of carbonyl (C=O) groups excluding carboxylic acids is 3. The van der Waals surface area contributed by atoms with Gasteiger partial charge < -0.3 is 14.2 Å². The van der Waals surface area contributed by atoms with Crippen LogP contribution in [-0.2, 0) is 28.6 Å². The number of unbranched alkanes of at least 4 members (excludes halogenated alkanes) is 22. The van der Waals surface area contributed by atoms with Crippen LogP contribution in [0.25, 0.3) is 0 Å². The zero-order chi connectivity index (χ0) is 57.1. The molecule has 0 fully saturated rings.